The number of benzene rings is 1. The predicted octanol–water partition coefficient (Wildman–Crippen LogP) is 1.55. The maximum atomic E-state index is 13.4. The summed E-state index contributed by atoms with van der Waals surface area (Å²) in [6.45, 7) is 1.36. The summed E-state index contributed by atoms with van der Waals surface area (Å²) in [7, 11) is 0. The lowest BCUT2D eigenvalue weighted by atomic mass is 9.96. The molecule has 2 rings (SSSR count). The van der Waals surface area contributed by atoms with Crippen LogP contribution in [0.4, 0.5) is 8.78 Å². The fourth-order valence-electron chi connectivity index (χ4n) is 2.57. The van der Waals surface area contributed by atoms with E-state index in [4.69, 9.17) is 17.3 Å². The maximum Gasteiger partial charge on any atom is 0.255 e. The van der Waals surface area contributed by atoms with Crippen molar-refractivity contribution in [3.8, 4) is 0 Å². The fourth-order valence-corrected chi connectivity index (χ4v) is 2.80. The lowest BCUT2D eigenvalue weighted by Gasteiger charge is -2.32. The van der Waals surface area contributed by atoms with E-state index in [2.05, 4.69) is 5.32 Å². The molecule has 1 saturated heterocycles. The van der Waals surface area contributed by atoms with Gasteiger partial charge in [-0.1, -0.05) is 11.6 Å². The molecule has 23 heavy (non-hydrogen) atoms. The van der Waals surface area contributed by atoms with Crippen LogP contribution in [0.15, 0.2) is 12.1 Å². The number of nitrogens with zero attached hydrogens (tertiary/aromatic N) is 1. The van der Waals surface area contributed by atoms with Crippen molar-refractivity contribution in [1.29, 1.82) is 0 Å². The van der Waals surface area contributed by atoms with Gasteiger partial charge in [-0.2, -0.15) is 0 Å². The number of carbonyl (C=O) groups excluding carboxylic acids is 2. The highest BCUT2D eigenvalue weighted by Crippen LogP contribution is 2.24. The number of nitrogens with two attached hydrogens (primary N) is 1. The molecular formula is C15H18ClF2N3O2. The summed E-state index contributed by atoms with van der Waals surface area (Å²) in [6.07, 6.45) is 1.31. The molecule has 0 radical (unpaired) electrons. The van der Waals surface area contributed by atoms with Gasteiger partial charge in [0.1, 0.15) is 0 Å². The van der Waals surface area contributed by atoms with E-state index < -0.39 is 17.5 Å². The second-order valence-corrected chi connectivity index (χ2v) is 5.82. The zero-order valence-corrected chi connectivity index (χ0v) is 13.2. The van der Waals surface area contributed by atoms with Gasteiger partial charge < -0.3 is 16.0 Å². The molecule has 1 aliphatic heterocycles. The van der Waals surface area contributed by atoms with Gasteiger partial charge in [0.2, 0.25) is 5.91 Å². The van der Waals surface area contributed by atoms with E-state index >= 15 is 0 Å². The Morgan fingerprint density at radius 3 is 2.74 bits per heavy atom. The lowest BCUT2D eigenvalue weighted by molar-refractivity contribution is -0.126. The number of piperidine rings is 1. The highest BCUT2D eigenvalue weighted by atomic mass is 35.5. The lowest BCUT2D eigenvalue weighted by Crippen LogP contribution is -2.46. The van der Waals surface area contributed by atoms with Crippen molar-refractivity contribution in [2.24, 2.45) is 11.7 Å². The molecule has 0 saturated carbocycles. The average Bonchev–Trinajstić information content (AvgIpc) is 2.55. The molecule has 0 bridgehead atoms. The number of nitrogens with one attached hydrogen (secondary N) is 1. The molecule has 1 aromatic rings. The Morgan fingerprint density at radius 2 is 2.04 bits per heavy atom. The van der Waals surface area contributed by atoms with Crippen LogP contribution in [0, 0.1) is 17.6 Å². The zero-order valence-electron chi connectivity index (χ0n) is 12.4. The van der Waals surface area contributed by atoms with Gasteiger partial charge in [-0.25, -0.2) is 8.78 Å². The topological polar surface area (TPSA) is 75.4 Å². The standard InChI is InChI=1S/C15H18ClF2N3O2/c16-11-7-13(18)12(17)6-10(11)15(23)21-5-1-2-9(8-21)14(22)20-4-3-19/h6-7,9H,1-5,8,19H2,(H,20,22). The maximum absolute atomic E-state index is 13.4. The van der Waals surface area contributed by atoms with E-state index in [1.54, 1.807) is 0 Å². The predicted molar refractivity (Wildman–Crippen MR) is 82.1 cm³/mol. The highest BCUT2D eigenvalue weighted by molar-refractivity contribution is 6.33. The van der Waals surface area contributed by atoms with Crippen LogP contribution in [0.1, 0.15) is 23.2 Å². The Labute approximate surface area is 137 Å². The second-order valence-electron chi connectivity index (χ2n) is 5.42. The minimum Gasteiger partial charge on any atom is -0.355 e. The van der Waals surface area contributed by atoms with Crippen molar-refractivity contribution in [3.63, 3.8) is 0 Å². The summed E-state index contributed by atoms with van der Waals surface area (Å²) in [5, 5.41) is 2.54. The van der Waals surface area contributed by atoms with Crippen LogP contribution in [0.3, 0.4) is 0 Å². The minimum absolute atomic E-state index is 0.103. The van der Waals surface area contributed by atoms with Gasteiger partial charge in [-0.05, 0) is 25.0 Å². The van der Waals surface area contributed by atoms with Gasteiger partial charge in [0, 0.05) is 26.2 Å². The summed E-state index contributed by atoms with van der Waals surface area (Å²) in [5.41, 5.74) is 5.24. The summed E-state index contributed by atoms with van der Waals surface area (Å²) in [4.78, 5) is 25.9. The number of likely N-dealkylation sites (tertiary alicyclic amines) is 1. The van der Waals surface area contributed by atoms with Crippen molar-refractivity contribution < 1.29 is 18.4 Å². The van der Waals surface area contributed by atoms with Crippen LogP contribution >= 0.6 is 11.6 Å². The molecule has 2 amide bonds. The molecule has 1 atom stereocenters. The van der Waals surface area contributed by atoms with Crippen molar-refractivity contribution in [2.45, 2.75) is 12.8 Å². The van der Waals surface area contributed by atoms with Gasteiger partial charge in [0.25, 0.3) is 5.91 Å². The fraction of sp³-hybridized carbons (Fsp3) is 0.467. The zero-order chi connectivity index (χ0) is 17.0. The van der Waals surface area contributed by atoms with Crippen LogP contribution < -0.4 is 11.1 Å². The van der Waals surface area contributed by atoms with Crippen molar-refractivity contribution in [1.82, 2.24) is 10.2 Å². The molecular weight excluding hydrogens is 328 g/mol. The van der Waals surface area contributed by atoms with E-state index in [9.17, 15) is 18.4 Å². The number of halogens is 3. The van der Waals surface area contributed by atoms with Crippen molar-refractivity contribution in [2.75, 3.05) is 26.2 Å². The second kappa shape index (κ2) is 7.70. The monoisotopic (exact) mass is 345 g/mol. The largest absolute Gasteiger partial charge is 0.355 e. The van der Waals surface area contributed by atoms with Crippen molar-refractivity contribution >= 4 is 23.4 Å². The molecule has 1 aromatic carbocycles. The molecule has 0 spiro atoms. The van der Waals surface area contributed by atoms with Gasteiger partial charge in [0.05, 0.1) is 16.5 Å². The van der Waals surface area contributed by atoms with Crippen LogP contribution in [0.5, 0.6) is 0 Å². The first-order valence-corrected chi connectivity index (χ1v) is 7.73. The first-order valence-electron chi connectivity index (χ1n) is 7.35. The molecule has 0 aromatic heterocycles. The Morgan fingerprint density at radius 1 is 1.35 bits per heavy atom. The molecule has 1 fully saturated rings. The van der Waals surface area contributed by atoms with Crippen molar-refractivity contribution in [3.05, 3.63) is 34.4 Å². The van der Waals surface area contributed by atoms with Gasteiger partial charge in [-0.15, -0.1) is 0 Å². The van der Waals surface area contributed by atoms with Gasteiger partial charge >= 0.3 is 0 Å². The average molecular weight is 346 g/mol. The number of hydrogen-bond acceptors (Lipinski definition) is 3. The van der Waals surface area contributed by atoms with Crippen LogP contribution in [0.25, 0.3) is 0 Å². The summed E-state index contributed by atoms with van der Waals surface area (Å²) in [6, 6.07) is 1.57. The van der Waals surface area contributed by atoms with Crippen LogP contribution in [0.2, 0.25) is 5.02 Å². The number of amides is 2. The minimum atomic E-state index is -1.13. The third-order valence-corrected chi connectivity index (χ3v) is 4.08. The molecule has 3 N–H and O–H groups in total. The third kappa shape index (κ3) is 4.17. The smallest absolute Gasteiger partial charge is 0.255 e. The Balaban J connectivity index is 2.10. The summed E-state index contributed by atoms with van der Waals surface area (Å²) in [5.74, 6) is -3.26. The van der Waals surface area contributed by atoms with E-state index in [1.807, 2.05) is 0 Å². The van der Waals surface area contributed by atoms with E-state index in [-0.39, 0.29) is 29.0 Å². The van der Waals surface area contributed by atoms with E-state index in [0.29, 0.717) is 32.5 Å². The third-order valence-electron chi connectivity index (χ3n) is 3.76. The van der Waals surface area contributed by atoms with Gasteiger partial charge in [0.15, 0.2) is 11.6 Å². The first kappa shape index (κ1) is 17.6. The quantitative estimate of drug-likeness (QED) is 0.813. The van der Waals surface area contributed by atoms with Crippen LogP contribution in [-0.4, -0.2) is 42.9 Å². The molecule has 1 heterocycles. The van der Waals surface area contributed by atoms with E-state index in [0.717, 1.165) is 12.1 Å². The molecule has 1 unspecified atom stereocenters. The highest BCUT2D eigenvalue weighted by Gasteiger charge is 2.30. The van der Waals surface area contributed by atoms with Gasteiger partial charge in [-0.3, -0.25) is 9.59 Å². The molecule has 5 nitrogen and oxygen atoms in total. The van der Waals surface area contributed by atoms with E-state index in [1.165, 1.54) is 4.90 Å². The first-order chi connectivity index (χ1) is 10.9. The number of rotatable bonds is 4. The molecule has 1 aliphatic rings. The Bertz CT molecular complexity index is 613. The summed E-state index contributed by atoms with van der Waals surface area (Å²) >= 11 is 5.84. The number of carbonyl (C=O) groups is 2. The Hall–Kier alpha value is -1.73. The SMILES string of the molecule is NCCNC(=O)C1CCCN(C(=O)c2cc(F)c(F)cc2Cl)C1. The molecule has 126 valence electrons. The molecule has 8 heteroatoms. The number of hydrogen-bond donors (Lipinski definition) is 2. The Kier molecular flexibility index (Phi) is 5.90. The summed E-state index contributed by atoms with van der Waals surface area (Å²) < 4.78 is 26.5. The molecule has 0 aliphatic carbocycles. The normalized spacial score (nSPS) is 17.9. The van der Waals surface area contributed by atoms with Crippen LogP contribution in [-0.2, 0) is 4.79 Å².